The minimum Gasteiger partial charge on any atom is -0.445 e. The second-order valence-corrected chi connectivity index (χ2v) is 9.05. The molecule has 4 rings (SSSR count). The van der Waals surface area contributed by atoms with Crippen molar-refractivity contribution in [2.75, 3.05) is 7.05 Å². The van der Waals surface area contributed by atoms with Crippen molar-refractivity contribution in [3.05, 3.63) is 84.2 Å². The summed E-state index contributed by atoms with van der Waals surface area (Å²) >= 11 is 5.84. The van der Waals surface area contributed by atoms with Crippen LogP contribution in [-0.4, -0.2) is 40.5 Å². The minimum absolute atomic E-state index is 0.0254. The van der Waals surface area contributed by atoms with Crippen molar-refractivity contribution in [1.82, 2.24) is 24.2 Å². The maximum Gasteiger partial charge on any atom is 0.407 e. The van der Waals surface area contributed by atoms with Gasteiger partial charge in [-0.05, 0) is 42.5 Å². The van der Waals surface area contributed by atoms with E-state index in [1.165, 1.54) is 31.7 Å². The lowest BCUT2D eigenvalue weighted by molar-refractivity contribution is 0.142. The highest BCUT2D eigenvalue weighted by molar-refractivity contribution is 7.90. The lowest BCUT2D eigenvalue weighted by atomic mass is 10.1. The van der Waals surface area contributed by atoms with Crippen LogP contribution < -0.4 is 5.32 Å². The van der Waals surface area contributed by atoms with Crippen molar-refractivity contribution in [3.63, 3.8) is 0 Å². The van der Waals surface area contributed by atoms with Gasteiger partial charge in [0.2, 0.25) is 0 Å². The first-order valence-corrected chi connectivity index (χ1v) is 11.5. The maximum atomic E-state index is 13.3. The number of pyridine rings is 3. The van der Waals surface area contributed by atoms with E-state index in [2.05, 4.69) is 20.3 Å². The first-order chi connectivity index (χ1) is 15.9. The molecule has 0 saturated heterocycles. The van der Waals surface area contributed by atoms with Gasteiger partial charge < -0.3 is 10.1 Å². The molecule has 0 atom stereocenters. The fourth-order valence-electron chi connectivity index (χ4n) is 3.06. The second-order valence-electron chi connectivity index (χ2n) is 6.85. The second kappa shape index (κ2) is 9.39. The molecule has 0 aliphatic heterocycles. The van der Waals surface area contributed by atoms with Crippen LogP contribution in [0.15, 0.2) is 78.3 Å². The van der Waals surface area contributed by atoms with Crippen LogP contribution in [0.5, 0.6) is 0 Å². The third kappa shape index (κ3) is 4.86. The standard InChI is InChI=1S/C22H18ClN5O4S/c1-24-22(29)32-14-15-9-20(28(13-15)33(30,31)18-3-2-8-25-12-18)17-4-6-19(26-11-17)16-5-7-21(23)27-10-16/h2-13H,14H2,1H3,(H,24,29). The maximum absolute atomic E-state index is 13.3. The van der Waals surface area contributed by atoms with Crippen molar-refractivity contribution < 1.29 is 17.9 Å². The van der Waals surface area contributed by atoms with Gasteiger partial charge in [0.1, 0.15) is 16.7 Å². The van der Waals surface area contributed by atoms with Gasteiger partial charge in [-0.2, -0.15) is 0 Å². The van der Waals surface area contributed by atoms with Crippen molar-refractivity contribution in [3.8, 4) is 22.5 Å². The molecule has 0 radical (unpaired) electrons. The van der Waals surface area contributed by atoms with E-state index in [-0.39, 0.29) is 11.5 Å². The molecule has 0 bridgehead atoms. The number of hydrogen-bond acceptors (Lipinski definition) is 7. The van der Waals surface area contributed by atoms with Gasteiger partial charge in [-0.1, -0.05) is 11.6 Å². The van der Waals surface area contributed by atoms with E-state index >= 15 is 0 Å². The van der Waals surface area contributed by atoms with Crippen LogP contribution in [-0.2, 0) is 21.4 Å². The summed E-state index contributed by atoms with van der Waals surface area (Å²) in [5.41, 5.74) is 2.83. The molecule has 33 heavy (non-hydrogen) atoms. The SMILES string of the molecule is CNC(=O)OCc1cc(-c2ccc(-c3ccc(Cl)nc3)nc2)n(S(=O)(=O)c2cccnc2)c1. The Labute approximate surface area is 195 Å². The summed E-state index contributed by atoms with van der Waals surface area (Å²) in [4.78, 5) is 23.9. The fourth-order valence-corrected chi connectivity index (χ4v) is 4.54. The molecule has 0 spiro atoms. The quantitative estimate of drug-likeness (QED) is 0.415. The molecule has 1 N–H and O–H groups in total. The molecule has 0 unspecified atom stereocenters. The molecule has 4 aromatic heterocycles. The average Bonchev–Trinajstić information content (AvgIpc) is 3.29. The van der Waals surface area contributed by atoms with E-state index in [1.807, 2.05) is 0 Å². The summed E-state index contributed by atoms with van der Waals surface area (Å²) in [6.07, 6.45) is 6.73. The molecule has 0 saturated carbocycles. The Morgan fingerprint density at radius 3 is 2.52 bits per heavy atom. The van der Waals surface area contributed by atoms with E-state index in [9.17, 15) is 13.2 Å². The molecular weight excluding hydrogens is 466 g/mol. The predicted octanol–water partition coefficient (Wildman–Crippen LogP) is 3.75. The van der Waals surface area contributed by atoms with E-state index in [4.69, 9.17) is 16.3 Å². The van der Waals surface area contributed by atoms with Crippen LogP contribution in [0.3, 0.4) is 0 Å². The molecule has 0 aliphatic rings. The molecule has 1 amide bonds. The van der Waals surface area contributed by atoms with Gasteiger partial charge >= 0.3 is 6.09 Å². The summed E-state index contributed by atoms with van der Waals surface area (Å²) in [5, 5.41) is 2.73. The minimum atomic E-state index is -3.96. The lowest BCUT2D eigenvalue weighted by Crippen LogP contribution is -2.18. The van der Waals surface area contributed by atoms with E-state index < -0.39 is 16.1 Å². The number of carbonyl (C=O) groups excluding carboxylic acids is 1. The number of hydrogen-bond donors (Lipinski definition) is 1. The molecule has 4 heterocycles. The third-order valence-corrected chi connectivity index (χ3v) is 6.57. The number of nitrogens with one attached hydrogen (secondary N) is 1. The fraction of sp³-hybridized carbons (Fsp3) is 0.0909. The number of rotatable bonds is 6. The van der Waals surface area contributed by atoms with E-state index in [0.717, 1.165) is 9.54 Å². The van der Waals surface area contributed by atoms with E-state index in [0.29, 0.717) is 27.7 Å². The van der Waals surface area contributed by atoms with Crippen LogP contribution in [0, 0.1) is 0 Å². The molecular formula is C22H18ClN5O4S. The summed E-state index contributed by atoms with van der Waals surface area (Å²) in [7, 11) is -2.52. The van der Waals surface area contributed by atoms with Crippen LogP contribution in [0.4, 0.5) is 4.79 Å². The third-order valence-electron chi connectivity index (χ3n) is 4.69. The van der Waals surface area contributed by atoms with Crippen LogP contribution >= 0.6 is 11.6 Å². The van der Waals surface area contributed by atoms with Gasteiger partial charge in [0, 0.05) is 54.7 Å². The zero-order valence-corrected chi connectivity index (χ0v) is 18.9. The Balaban J connectivity index is 1.75. The first kappa shape index (κ1) is 22.4. The van der Waals surface area contributed by atoms with Crippen molar-refractivity contribution >= 4 is 27.7 Å². The Morgan fingerprint density at radius 2 is 1.88 bits per heavy atom. The molecule has 9 nitrogen and oxygen atoms in total. The predicted molar refractivity (Wildman–Crippen MR) is 122 cm³/mol. The Bertz CT molecular complexity index is 1370. The Kier molecular flexibility index (Phi) is 6.38. The summed E-state index contributed by atoms with van der Waals surface area (Å²) in [5.74, 6) is 0. The van der Waals surface area contributed by atoms with Crippen LogP contribution in [0.25, 0.3) is 22.5 Å². The lowest BCUT2D eigenvalue weighted by Gasteiger charge is -2.10. The highest BCUT2D eigenvalue weighted by Gasteiger charge is 2.22. The Hall–Kier alpha value is -3.76. The summed E-state index contributed by atoms with van der Waals surface area (Å²) in [6.45, 7) is -0.107. The molecule has 0 aromatic carbocycles. The van der Waals surface area contributed by atoms with Gasteiger partial charge in [-0.15, -0.1) is 0 Å². The number of halogens is 1. The number of nitrogens with zero attached hydrogens (tertiary/aromatic N) is 4. The molecule has 168 valence electrons. The summed E-state index contributed by atoms with van der Waals surface area (Å²) < 4.78 is 32.8. The van der Waals surface area contributed by atoms with Gasteiger partial charge in [0.15, 0.2) is 0 Å². The zero-order valence-electron chi connectivity index (χ0n) is 17.3. The first-order valence-electron chi connectivity index (χ1n) is 9.68. The largest absolute Gasteiger partial charge is 0.445 e. The smallest absolute Gasteiger partial charge is 0.407 e. The van der Waals surface area contributed by atoms with Crippen molar-refractivity contribution in [1.29, 1.82) is 0 Å². The molecule has 4 aromatic rings. The van der Waals surface area contributed by atoms with Crippen molar-refractivity contribution in [2.45, 2.75) is 11.5 Å². The average molecular weight is 484 g/mol. The topological polar surface area (TPSA) is 116 Å². The molecule has 0 aliphatic carbocycles. The number of alkyl carbamates (subject to hydrolysis) is 1. The number of ether oxygens (including phenoxy) is 1. The van der Waals surface area contributed by atoms with E-state index in [1.54, 1.807) is 48.8 Å². The van der Waals surface area contributed by atoms with Gasteiger partial charge in [-0.25, -0.2) is 22.2 Å². The summed E-state index contributed by atoms with van der Waals surface area (Å²) in [6, 6.07) is 11.6. The normalized spacial score (nSPS) is 11.2. The van der Waals surface area contributed by atoms with Crippen molar-refractivity contribution in [2.24, 2.45) is 0 Å². The van der Waals surface area contributed by atoms with Crippen LogP contribution in [0.2, 0.25) is 5.15 Å². The highest BCUT2D eigenvalue weighted by atomic mass is 35.5. The zero-order chi connectivity index (χ0) is 23.4. The molecule has 0 fully saturated rings. The number of aromatic nitrogens is 4. The Morgan fingerprint density at radius 1 is 1.09 bits per heavy atom. The highest BCUT2D eigenvalue weighted by Crippen LogP contribution is 2.28. The molecule has 11 heteroatoms. The monoisotopic (exact) mass is 483 g/mol. The number of carbonyl (C=O) groups is 1. The van der Waals surface area contributed by atoms with Crippen LogP contribution in [0.1, 0.15) is 5.56 Å². The van der Waals surface area contributed by atoms with Gasteiger partial charge in [0.05, 0.1) is 11.4 Å². The van der Waals surface area contributed by atoms with Gasteiger partial charge in [-0.3, -0.25) is 9.97 Å². The number of amides is 1. The van der Waals surface area contributed by atoms with Gasteiger partial charge in [0.25, 0.3) is 10.0 Å².